The van der Waals surface area contributed by atoms with Crippen LogP contribution in [0.5, 0.6) is 0 Å². The van der Waals surface area contributed by atoms with Crippen molar-refractivity contribution in [1.29, 1.82) is 0 Å². The van der Waals surface area contributed by atoms with E-state index in [0.717, 1.165) is 17.9 Å². The van der Waals surface area contributed by atoms with Gasteiger partial charge in [-0.3, -0.25) is 0 Å². The minimum atomic E-state index is 0.550. The second kappa shape index (κ2) is 3.91. The highest BCUT2D eigenvalue weighted by atomic mass is 32.1. The van der Waals surface area contributed by atoms with Gasteiger partial charge in [-0.1, -0.05) is 12.5 Å². The average molecular weight is 221 g/mol. The van der Waals surface area contributed by atoms with Gasteiger partial charge in [0.25, 0.3) is 0 Å². The molecule has 2 saturated carbocycles. The lowest BCUT2D eigenvalue weighted by Gasteiger charge is -2.26. The van der Waals surface area contributed by atoms with Crippen molar-refractivity contribution < 1.29 is 0 Å². The first-order valence-corrected chi connectivity index (χ1v) is 7.00. The Hall–Kier alpha value is -0.340. The van der Waals surface area contributed by atoms with Gasteiger partial charge in [-0.25, -0.2) is 0 Å². The quantitative estimate of drug-likeness (QED) is 0.822. The van der Waals surface area contributed by atoms with Crippen molar-refractivity contribution in [3.05, 3.63) is 22.4 Å². The SMILES string of the molecule is C[C@H](NC1CC2CCC1C2)c1cccs1. The minimum absolute atomic E-state index is 0.550. The van der Waals surface area contributed by atoms with Gasteiger partial charge in [-0.05, 0) is 49.5 Å². The molecule has 1 heterocycles. The van der Waals surface area contributed by atoms with Gasteiger partial charge in [0.1, 0.15) is 0 Å². The summed E-state index contributed by atoms with van der Waals surface area (Å²) in [6, 6.07) is 5.75. The number of nitrogens with one attached hydrogen (secondary N) is 1. The van der Waals surface area contributed by atoms with E-state index in [0.29, 0.717) is 6.04 Å². The Labute approximate surface area is 95.9 Å². The molecule has 2 aliphatic rings. The predicted molar refractivity (Wildman–Crippen MR) is 65.1 cm³/mol. The lowest BCUT2D eigenvalue weighted by molar-refractivity contribution is 0.328. The molecule has 2 heteroatoms. The molecule has 2 fully saturated rings. The van der Waals surface area contributed by atoms with Crippen LogP contribution in [0.2, 0.25) is 0 Å². The van der Waals surface area contributed by atoms with Gasteiger partial charge < -0.3 is 5.32 Å². The van der Waals surface area contributed by atoms with Crippen LogP contribution in [0.1, 0.15) is 43.5 Å². The van der Waals surface area contributed by atoms with Crippen molar-refractivity contribution in [3.63, 3.8) is 0 Å². The zero-order valence-corrected chi connectivity index (χ0v) is 10.1. The maximum absolute atomic E-state index is 3.82. The van der Waals surface area contributed by atoms with Crippen LogP contribution in [0.25, 0.3) is 0 Å². The Morgan fingerprint density at radius 3 is 2.93 bits per heavy atom. The molecule has 2 bridgehead atoms. The third kappa shape index (κ3) is 1.85. The summed E-state index contributed by atoms with van der Waals surface area (Å²) >= 11 is 1.87. The van der Waals surface area contributed by atoms with Crippen molar-refractivity contribution in [3.8, 4) is 0 Å². The fourth-order valence-corrected chi connectivity index (χ4v) is 4.13. The van der Waals surface area contributed by atoms with E-state index < -0.39 is 0 Å². The molecular formula is C13H19NS. The summed E-state index contributed by atoms with van der Waals surface area (Å²) in [5, 5.41) is 6.00. The smallest absolute Gasteiger partial charge is 0.0388 e. The van der Waals surface area contributed by atoms with Crippen LogP contribution in [-0.2, 0) is 0 Å². The highest BCUT2D eigenvalue weighted by Gasteiger charge is 2.39. The first-order valence-electron chi connectivity index (χ1n) is 6.12. The van der Waals surface area contributed by atoms with Crippen molar-refractivity contribution in [2.24, 2.45) is 11.8 Å². The van der Waals surface area contributed by atoms with Gasteiger partial charge in [0.05, 0.1) is 0 Å². The largest absolute Gasteiger partial charge is 0.306 e. The van der Waals surface area contributed by atoms with Gasteiger partial charge >= 0.3 is 0 Å². The summed E-state index contributed by atoms with van der Waals surface area (Å²) in [6.45, 7) is 2.30. The Morgan fingerprint density at radius 1 is 1.40 bits per heavy atom. The van der Waals surface area contributed by atoms with E-state index in [4.69, 9.17) is 0 Å². The van der Waals surface area contributed by atoms with Crippen LogP contribution in [0.15, 0.2) is 17.5 Å². The summed E-state index contributed by atoms with van der Waals surface area (Å²) in [7, 11) is 0. The van der Waals surface area contributed by atoms with Crippen molar-refractivity contribution in [2.75, 3.05) is 0 Å². The highest BCUT2D eigenvalue weighted by molar-refractivity contribution is 7.10. The van der Waals surface area contributed by atoms with Crippen LogP contribution < -0.4 is 5.32 Å². The molecule has 3 rings (SSSR count). The van der Waals surface area contributed by atoms with Gasteiger partial charge in [0.2, 0.25) is 0 Å². The van der Waals surface area contributed by atoms with E-state index in [1.54, 1.807) is 0 Å². The molecule has 1 nitrogen and oxygen atoms in total. The lowest BCUT2D eigenvalue weighted by Crippen LogP contribution is -2.35. The monoisotopic (exact) mass is 221 g/mol. The fourth-order valence-electron chi connectivity index (χ4n) is 3.39. The number of rotatable bonds is 3. The zero-order valence-electron chi connectivity index (χ0n) is 9.28. The van der Waals surface area contributed by atoms with E-state index in [9.17, 15) is 0 Å². The number of fused-ring (bicyclic) bond motifs is 2. The Bertz CT molecular complexity index is 319. The standard InChI is InChI=1S/C13H19NS/c1-9(13-3-2-6-15-13)14-12-8-10-4-5-11(12)7-10/h2-3,6,9-12,14H,4-5,7-8H2,1H3/t9-,10?,11?,12?/m0/s1. The lowest BCUT2D eigenvalue weighted by atomic mass is 9.95. The maximum Gasteiger partial charge on any atom is 0.0388 e. The molecule has 0 saturated heterocycles. The van der Waals surface area contributed by atoms with E-state index >= 15 is 0 Å². The fraction of sp³-hybridized carbons (Fsp3) is 0.692. The van der Waals surface area contributed by atoms with Crippen LogP contribution >= 0.6 is 11.3 Å². The molecule has 0 amide bonds. The van der Waals surface area contributed by atoms with Gasteiger partial charge in [0.15, 0.2) is 0 Å². The van der Waals surface area contributed by atoms with Crippen LogP contribution in [0.3, 0.4) is 0 Å². The molecule has 1 aromatic rings. The molecule has 0 spiro atoms. The van der Waals surface area contributed by atoms with E-state index in [-0.39, 0.29) is 0 Å². The molecule has 0 radical (unpaired) electrons. The first kappa shape index (κ1) is 9.86. The summed E-state index contributed by atoms with van der Waals surface area (Å²) in [5.74, 6) is 2.03. The maximum atomic E-state index is 3.82. The molecule has 15 heavy (non-hydrogen) atoms. The molecule has 3 unspecified atom stereocenters. The molecule has 1 N–H and O–H groups in total. The van der Waals surface area contributed by atoms with Gasteiger partial charge in [0, 0.05) is 17.0 Å². The van der Waals surface area contributed by atoms with Crippen molar-refractivity contribution >= 4 is 11.3 Å². The third-order valence-corrected chi connectivity index (χ3v) is 5.23. The average Bonchev–Trinajstić information content (AvgIpc) is 2.95. The van der Waals surface area contributed by atoms with Gasteiger partial charge in [-0.2, -0.15) is 0 Å². The molecule has 0 aromatic carbocycles. The second-order valence-electron chi connectivity index (χ2n) is 5.19. The molecule has 2 aliphatic carbocycles. The molecule has 82 valence electrons. The van der Waals surface area contributed by atoms with Crippen LogP contribution in [0.4, 0.5) is 0 Å². The van der Waals surface area contributed by atoms with Crippen LogP contribution in [-0.4, -0.2) is 6.04 Å². The van der Waals surface area contributed by atoms with Crippen molar-refractivity contribution in [2.45, 2.75) is 44.7 Å². The summed E-state index contributed by atoms with van der Waals surface area (Å²) < 4.78 is 0. The van der Waals surface area contributed by atoms with Crippen LogP contribution in [0, 0.1) is 11.8 Å². The summed E-state index contributed by atoms with van der Waals surface area (Å²) in [6.07, 6.45) is 5.89. The van der Waals surface area contributed by atoms with Crippen molar-refractivity contribution in [1.82, 2.24) is 5.32 Å². The highest BCUT2D eigenvalue weighted by Crippen LogP contribution is 2.45. The minimum Gasteiger partial charge on any atom is -0.306 e. The third-order valence-electron chi connectivity index (χ3n) is 4.17. The normalized spacial score (nSPS) is 35.9. The molecule has 1 aromatic heterocycles. The number of thiophene rings is 1. The summed E-state index contributed by atoms with van der Waals surface area (Å²) in [5.41, 5.74) is 0. The Morgan fingerprint density at radius 2 is 2.33 bits per heavy atom. The van der Waals surface area contributed by atoms with E-state index in [1.807, 2.05) is 11.3 Å². The number of hydrogen-bond acceptors (Lipinski definition) is 2. The molecule has 0 aliphatic heterocycles. The van der Waals surface area contributed by atoms with Gasteiger partial charge in [-0.15, -0.1) is 11.3 Å². The Balaban J connectivity index is 1.62. The summed E-state index contributed by atoms with van der Waals surface area (Å²) in [4.78, 5) is 1.48. The predicted octanol–water partition coefficient (Wildman–Crippen LogP) is 3.59. The zero-order chi connectivity index (χ0) is 10.3. The van der Waals surface area contributed by atoms with E-state index in [2.05, 4.69) is 29.8 Å². The Kier molecular flexibility index (Phi) is 2.57. The first-order chi connectivity index (χ1) is 7.33. The molecule has 4 atom stereocenters. The topological polar surface area (TPSA) is 12.0 Å². The van der Waals surface area contributed by atoms with E-state index in [1.165, 1.54) is 30.6 Å². The number of hydrogen-bond donors (Lipinski definition) is 1. The second-order valence-corrected chi connectivity index (χ2v) is 6.16. The molecular weight excluding hydrogens is 202 g/mol.